The number of aliphatic hydroxyl groups is 3. The monoisotopic (exact) mass is 1270 g/mol. The molecule has 0 aliphatic carbocycles. The first-order valence-corrected chi connectivity index (χ1v) is 32.5. The molecule has 1 heterocycles. The topological polar surface area (TPSA) is 343 Å². The number of benzene rings is 2. The molecule has 3 aromatic rings. The molecule has 2 unspecified atom stereocenters. The number of aliphatic hydroxyl groups excluding tert-OH is 3. The third-order valence-electron chi connectivity index (χ3n) is 13.7. The number of ether oxygens (including phenoxy) is 8. The second kappa shape index (κ2) is 45.3. The lowest BCUT2D eigenvalue weighted by Gasteiger charge is -2.28. The first kappa shape index (κ1) is 76.2. The summed E-state index contributed by atoms with van der Waals surface area (Å²) in [6.07, 6.45) is 9.44. The van der Waals surface area contributed by atoms with Crippen molar-refractivity contribution in [2.75, 3.05) is 110 Å². The molecule has 0 bridgehead atoms. The SMILES string of the molecule is COc1cc(S(=O)(=O)CCN(CC(C)OC(=O)CCCCCO)CC(C)OC(=O)CCCCCO)c(OC)cc1N=Nc1c(Nc2ccccc2)nc(NCCOCCOC(=O)CCCCCOC(=O)CCCCCOC(=O)CCCCCO)c(C#N)c1C. The standard InChI is InChI=1S/C63H95N7O18S/c1-47(87-59(77)29-15-8-20-34-72)45-70(46-48(2)88-60(78)30-16-9-21-35-73)32-41-89(79,80)55-43-53(81-4)52(42-54(55)82-5)68-69-61-49(3)51(44-64)62(67-63(61)66-50-24-12-6-13-25-50)65-31-38-83-39-40-86-58(76)28-18-11-23-37-85-57(75)27-17-10-22-36-84-56(74)26-14-7-19-33-71/h6,12-13,24-25,42-43,47-48,71-73H,7-11,14-23,26-41,45-46H2,1-5H3,(H2,65,66,67). The van der Waals surface area contributed by atoms with Gasteiger partial charge in [0.25, 0.3) is 0 Å². The number of nitriles is 1. The van der Waals surface area contributed by atoms with E-state index in [-0.39, 0.29) is 161 Å². The molecule has 26 heteroatoms. The zero-order chi connectivity index (χ0) is 65.1. The van der Waals surface area contributed by atoms with Crippen LogP contribution < -0.4 is 20.1 Å². The maximum atomic E-state index is 14.3. The Hall–Kier alpha value is -7.02. The molecule has 0 fully saturated rings. The highest BCUT2D eigenvalue weighted by Crippen LogP contribution is 2.41. The molecule has 3 rings (SSSR count). The Morgan fingerprint density at radius 1 is 0.618 bits per heavy atom. The van der Waals surface area contributed by atoms with Crippen LogP contribution >= 0.6 is 0 Å². The molecule has 0 aliphatic rings. The summed E-state index contributed by atoms with van der Waals surface area (Å²) < 4.78 is 72.7. The zero-order valence-corrected chi connectivity index (χ0v) is 53.5. The van der Waals surface area contributed by atoms with Crippen molar-refractivity contribution in [1.82, 2.24) is 9.88 Å². The Balaban J connectivity index is 1.61. The average Bonchev–Trinajstić information content (AvgIpc) is 1.12. The first-order chi connectivity index (χ1) is 43.0. The number of sulfone groups is 1. The van der Waals surface area contributed by atoms with Crippen molar-refractivity contribution in [2.45, 2.75) is 166 Å². The Labute approximate surface area is 524 Å². The van der Waals surface area contributed by atoms with E-state index >= 15 is 0 Å². The maximum absolute atomic E-state index is 14.3. The fraction of sp³-hybridized carbons (Fsp3) is 0.635. The largest absolute Gasteiger partial charge is 0.495 e. The van der Waals surface area contributed by atoms with Crippen LogP contribution in [0.2, 0.25) is 0 Å². The number of aromatic nitrogens is 1. The van der Waals surface area contributed by atoms with Gasteiger partial charge in [0.15, 0.2) is 15.7 Å². The molecule has 5 N–H and O–H groups in total. The molecule has 0 radical (unpaired) electrons. The van der Waals surface area contributed by atoms with Gasteiger partial charge in [-0.25, -0.2) is 13.4 Å². The summed E-state index contributed by atoms with van der Waals surface area (Å²) >= 11 is 0. The Morgan fingerprint density at radius 2 is 1.11 bits per heavy atom. The zero-order valence-electron chi connectivity index (χ0n) is 52.6. The number of azo groups is 1. The number of methoxy groups -OCH3 is 2. The highest BCUT2D eigenvalue weighted by molar-refractivity contribution is 7.91. The van der Waals surface area contributed by atoms with Gasteiger partial charge < -0.3 is 63.8 Å². The number of carbonyl (C=O) groups is 5. The van der Waals surface area contributed by atoms with E-state index in [9.17, 15) is 37.7 Å². The minimum absolute atomic E-state index is 0.0271. The second-order valence-electron chi connectivity index (χ2n) is 21.2. The number of anilines is 3. The van der Waals surface area contributed by atoms with Crippen LogP contribution in [0, 0.1) is 18.3 Å². The Bertz CT molecular complexity index is 2730. The van der Waals surface area contributed by atoms with Crippen molar-refractivity contribution in [2.24, 2.45) is 10.2 Å². The van der Waals surface area contributed by atoms with Gasteiger partial charge in [-0.05, 0) is 110 Å². The third kappa shape index (κ3) is 31.8. The number of pyridine rings is 1. The quantitative estimate of drug-likeness (QED) is 0.0152. The van der Waals surface area contributed by atoms with Gasteiger partial charge in [0.1, 0.15) is 58.5 Å². The molecule has 2 atom stereocenters. The molecule has 0 saturated carbocycles. The van der Waals surface area contributed by atoms with E-state index in [2.05, 4.69) is 26.9 Å². The predicted molar refractivity (Wildman–Crippen MR) is 333 cm³/mol. The number of hydrogen-bond acceptors (Lipinski definition) is 25. The van der Waals surface area contributed by atoms with Crippen molar-refractivity contribution >= 4 is 68.4 Å². The van der Waals surface area contributed by atoms with Crippen LogP contribution in [0.3, 0.4) is 0 Å². The van der Waals surface area contributed by atoms with Gasteiger partial charge in [0.05, 0.1) is 52.0 Å². The van der Waals surface area contributed by atoms with Crippen LogP contribution in [0.25, 0.3) is 0 Å². The van der Waals surface area contributed by atoms with Crippen molar-refractivity contribution in [3.8, 4) is 17.6 Å². The smallest absolute Gasteiger partial charge is 0.306 e. The van der Waals surface area contributed by atoms with Gasteiger partial charge >= 0.3 is 29.8 Å². The van der Waals surface area contributed by atoms with Gasteiger partial charge in [-0.3, -0.25) is 28.9 Å². The van der Waals surface area contributed by atoms with Crippen molar-refractivity contribution in [3.05, 3.63) is 53.6 Å². The van der Waals surface area contributed by atoms with Gasteiger partial charge in [-0.1, -0.05) is 37.5 Å². The fourth-order valence-corrected chi connectivity index (χ4v) is 10.5. The minimum atomic E-state index is -4.15. The summed E-state index contributed by atoms with van der Waals surface area (Å²) in [6.45, 7) is 6.59. The molecule has 0 spiro atoms. The van der Waals surface area contributed by atoms with Crippen LogP contribution in [-0.2, 0) is 62.2 Å². The van der Waals surface area contributed by atoms with E-state index in [1.807, 2.05) is 30.3 Å². The van der Waals surface area contributed by atoms with Crippen LogP contribution in [-0.4, -0.2) is 175 Å². The number of carbonyl (C=O) groups excluding carboxylic acids is 5. The molecule has 25 nitrogen and oxygen atoms in total. The number of hydrogen-bond donors (Lipinski definition) is 5. The molecule has 0 aliphatic heterocycles. The van der Waals surface area contributed by atoms with Crippen molar-refractivity contribution in [3.63, 3.8) is 0 Å². The van der Waals surface area contributed by atoms with E-state index in [0.29, 0.717) is 108 Å². The van der Waals surface area contributed by atoms with E-state index in [1.165, 1.54) is 26.4 Å². The number of nitrogens with zero attached hydrogens (tertiary/aromatic N) is 5. The normalized spacial score (nSPS) is 12.0. The van der Waals surface area contributed by atoms with E-state index in [1.54, 1.807) is 25.7 Å². The third-order valence-corrected chi connectivity index (χ3v) is 15.4. The van der Waals surface area contributed by atoms with Crippen molar-refractivity contribution < 1.29 is 85.6 Å². The van der Waals surface area contributed by atoms with Gasteiger partial charge in [-0.2, -0.15) is 5.26 Å². The Morgan fingerprint density at radius 3 is 1.61 bits per heavy atom. The summed E-state index contributed by atoms with van der Waals surface area (Å²) in [4.78, 5) is 67.7. The molecular formula is C63H95N7O18S. The maximum Gasteiger partial charge on any atom is 0.306 e. The van der Waals surface area contributed by atoms with E-state index in [4.69, 9.17) is 58.2 Å². The summed E-state index contributed by atoms with van der Waals surface area (Å²) in [5, 5.41) is 52.9. The Kier molecular flexibility index (Phi) is 38.8. The molecule has 1 aromatic heterocycles. The average molecular weight is 1270 g/mol. The van der Waals surface area contributed by atoms with Crippen molar-refractivity contribution in [1.29, 1.82) is 5.26 Å². The summed E-state index contributed by atoms with van der Waals surface area (Å²) in [6, 6.07) is 14.0. The number of esters is 5. The van der Waals surface area contributed by atoms with Gasteiger partial charge in [0.2, 0.25) is 0 Å². The summed E-state index contributed by atoms with van der Waals surface area (Å²) in [5.41, 5.74) is 1.51. The summed E-state index contributed by atoms with van der Waals surface area (Å²) in [5.74, 6) is -1.74. The van der Waals surface area contributed by atoms with Crippen LogP contribution in [0.4, 0.5) is 28.7 Å². The van der Waals surface area contributed by atoms with E-state index in [0.717, 1.165) is 12.8 Å². The number of rotatable bonds is 50. The summed E-state index contributed by atoms with van der Waals surface area (Å²) in [7, 11) is -1.49. The molecule has 2 aromatic carbocycles. The second-order valence-corrected chi connectivity index (χ2v) is 23.3. The lowest BCUT2D eigenvalue weighted by Crippen LogP contribution is -2.41. The van der Waals surface area contributed by atoms with E-state index < -0.39 is 39.7 Å². The lowest BCUT2D eigenvalue weighted by molar-refractivity contribution is -0.151. The van der Waals surface area contributed by atoms with Gasteiger partial charge in [0, 0.05) is 101 Å². The molecule has 496 valence electrons. The predicted octanol–water partition coefficient (Wildman–Crippen LogP) is 9.21. The number of unbranched alkanes of at least 4 members (excludes halogenated alkanes) is 10. The number of para-hydroxylation sites is 1. The molecule has 89 heavy (non-hydrogen) atoms. The van der Waals surface area contributed by atoms with Gasteiger partial charge in [-0.15, -0.1) is 10.2 Å². The number of nitrogens with one attached hydrogen (secondary N) is 2. The molecular weight excluding hydrogens is 1170 g/mol. The van der Waals surface area contributed by atoms with Crippen LogP contribution in [0.5, 0.6) is 11.5 Å². The highest BCUT2D eigenvalue weighted by atomic mass is 32.2. The fourth-order valence-electron chi connectivity index (χ4n) is 9.01. The molecule has 0 amide bonds. The lowest BCUT2D eigenvalue weighted by atomic mass is 10.1. The highest BCUT2D eigenvalue weighted by Gasteiger charge is 2.27. The first-order valence-electron chi connectivity index (χ1n) is 30.9. The minimum Gasteiger partial charge on any atom is -0.495 e. The van der Waals surface area contributed by atoms with Crippen LogP contribution in [0.15, 0.2) is 57.6 Å². The van der Waals surface area contributed by atoms with Crippen LogP contribution in [0.1, 0.15) is 153 Å². The molecule has 0 saturated heterocycles.